The molecule has 4 nitrogen and oxygen atoms in total. The molecule has 1 aromatic carbocycles. The molecule has 0 radical (unpaired) electrons. The molecule has 0 heterocycles. The number of nitrogens with two attached hydrogens (primary N) is 2. The second kappa shape index (κ2) is 6.26. The van der Waals surface area contributed by atoms with E-state index < -0.39 is 0 Å². The van der Waals surface area contributed by atoms with Crippen molar-refractivity contribution in [3.63, 3.8) is 0 Å². The highest BCUT2D eigenvalue weighted by molar-refractivity contribution is 9.10. The molecule has 0 aliphatic heterocycles. The molecule has 0 amide bonds. The number of hydrogen-bond acceptors (Lipinski definition) is 3. The van der Waals surface area contributed by atoms with Crippen molar-refractivity contribution in [2.75, 3.05) is 5.73 Å². The minimum Gasteiger partial charge on any atom is -0.409 e. The summed E-state index contributed by atoms with van der Waals surface area (Å²) in [5.41, 5.74) is 11.9. The van der Waals surface area contributed by atoms with Crippen LogP contribution in [0.3, 0.4) is 0 Å². The lowest BCUT2D eigenvalue weighted by Crippen LogP contribution is -2.15. The van der Waals surface area contributed by atoms with Crippen molar-refractivity contribution in [1.82, 2.24) is 0 Å². The van der Waals surface area contributed by atoms with Gasteiger partial charge in [-0.2, -0.15) is 0 Å². The molecule has 1 rings (SSSR count). The third kappa shape index (κ3) is 3.26. The van der Waals surface area contributed by atoms with Gasteiger partial charge in [0, 0.05) is 15.7 Å². The minimum absolute atomic E-state index is 0.00815. The van der Waals surface area contributed by atoms with Gasteiger partial charge in [0.25, 0.3) is 0 Å². The van der Waals surface area contributed by atoms with Crippen LogP contribution in [0, 0.1) is 0 Å². The Balaban J connectivity index is 0.000000791. The monoisotopic (exact) mass is 259 g/mol. The van der Waals surface area contributed by atoms with E-state index in [1.165, 1.54) is 0 Å². The van der Waals surface area contributed by atoms with E-state index in [-0.39, 0.29) is 5.84 Å². The van der Waals surface area contributed by atoms with Gasteiger partial charge in [-0.05, 0) is 18.2 Å². The van der Waals surface area contributed by atoms with Crippen molar-refractivity contribution < 1.29 is 5.21 Å². The molecule has 5 N–H and O–H groups in total. The van der Waals surface area contributed by atoms with Crippen LogP contribution in [-0.2, 0) is 0 Å². The van der Waals surface area contributed by atoms with Crippen molar-refractivity contribution >= 4 is 27.5 Å². The first-order chi connectivity index (χ1) is 6.65. The summed E-state index contributed by atoms with van der Waals surface area (Å²) >= 11 is 3.25. The number of amidine groups is 1. The number of anilines is 1. The zero-order valence-electron chi connectivity index (χ0n) is 8.16. The highest BCUT2D eigenvalue weighted by atomic mass is 79.9. The molecule has 0 spiro atoms. The Kier molecular flexibility index (Phi) is 5.71. The number of nitrogen functional groups attached to an aromatic ring is 1. The smallest absolute Gasteiger partial charge is 0.172 e. The van der Waals surface area contributed by atoms with Crippen LogP contribution in [0.25, 0.3) is 0 Å². The Morgan fingerprint density at radius 2 is 2.00 bits per heavy atom. The molecule has 0 saturated heterocycles. The van der Waals surface area contributed by atoms with Crippen molar-refractivity contribution in [2.24, 2.45) is 10.9 Å². The number of oxime groups is 1. The fourth-order valence-electron chi connectivity index (χ4n) is 0.804. The third-order valence-electron chi connectivity index (χ3n) is 1.40. The molecule has 0 bridgehead atoms. The molecule has 0 saturated carbocycles. The fourth-order valence-corrected chi connectivity index (χ4v) is 1.17. The normalized spacial score (nSPS) is 10.4. The van der Waals surface area contributed by atoms with Crippen molar-refractivity contribution in [2.45, 2.75) is 13.8 Å². The third-order valence-corrected chi connectivity index (χ3v) is 1.89. The van der Waals surface area contributed by atoms with Gasteiger partial charge < -0.3 is 16.7 Å². The van der Waals surface area contributed by atoms with Crippen molar-refractivity contribution in [3.05, 3.63) is 28.2 Å². The molecule has 0 fully saturated rings. The van der Waals surface area contributed by atoms with E-state index >= 15 is 0 Å². The largest absolute Gasteiger partial charge is 0.409 e. The zero-order chi connectivity index (χ0) is 11.1. The van der Waals surface area contributed by atoms with Crippen LogP contribution in [0.1, 0.15) is 19.4 Å². The summed E-state index contributed by atoms with van der Waals surface area (Å²) in [4.78, 5) is 0. The highest BCUT2D eigenvalue weighted by Gasteiger charge is 2.03. The summed E-state index contributed by atoms with van der Waals surface area (Å²) in [5, 5.41) is 11.2. The maximum absolute atomic E-state index is 8.40. The number of rotatable bonds is 1. The van der Waals surface area contributed by atoms with E-state index in [9.17, 15) is 0 Å². The first kappa shape index (κ1) is 12.8. The van der Waals surface area contributed by atoms with E-state index in [1.54, 1.807) is 18.2 Å². The average molecular weight is 260 g/mol. The van der Waals surface area contributed by atoms with Gasteiger partial charge in [0.15, 0.2) is 5.84 Å². The molecule has 1 aromatic rings. The first-order valence-corrected chi connectivity index (χ1v) is 4.97. The Morgan fingerprint density at radius 1 is 1.43 bits per heavy atom. The van der Waals surface area contributed by atoms with Crippen LogP contribution >= 0.6 is 15.9 Å². The molecular formula is C9H14BrN3O. The second-order valence-electron chi connectivity index (χ2n) is 2.22. The summed E-state index contributed by atoms with van der Waals surface area (Å²) in [5.74, 6) is 0.00815. The maximum Gasteiger partial charge on any atom is 0.172 e. The Labute approximate surface area is 91.7 Å². The van der Waals surface area contributed by atoms with E-state index in [0.717, 1.165) is 4.47 Å². The Bertz CT molecular complexity index is 326. The summed E-state index contributed by atoms with van der Waals surface area (Å²) < 4.78 is 0.832. The lowest BCUT2D eigenvalue weighted by molar-refractivity contribution is 0.318. The van der Waals surface area contributed by atoms with Gasteiger partial charge in [-0.25, -0.2) is 0 Å². The molecule has 0 atom stereocenters. The van der Waals surface area contributed by atoms with Crippen LogP contribution in [-0.4, -0.2) is 11.0 Å². The van der Waals surface area contributed by atoms with Crippen molar-refractivity contribution in [1.29, 1.82) is 0 Å². The van der Waals surface area contributed by atoms with Gasteiger partial charge in [-0.3, -0.25) is 0 Å². The van der Waals surface area contributed by atoms with Crippen LogP contribution in [0.4, 0.5) is 5.69 Å². The van der Waals surface area contributed by atoms with E-state index in [4.69, 9.17) is 16.7 Å². The molecule has 5 heteroatoms. The predicted octanol–water partition coefficient (Wildman–Crippen LogP) is 2.15. The van der Waals surface area contributed by atoms with Gasteiger partial charge in [0.1, 0.15) is 0 Å². The van der Waals surface area contributed by atoms with Gasteiger partial charge >= 0.3 is 0 Å². The molecule has 14 heavy (non-hydrogen) atoms. The molecular weight excluding hydrogens is 246 g/mol. The van der Waals surface area contributed by atoms with Gasteiger partial charge in [-0.15, -0.1) is 0 Å². The van der Waals surface area contributed by atoms with Crippen LogP contribution < -0.4 is 11.5 Å². The number of benzene rings is 1. The molecule has 0 unspecified atom stereocenters. The quantitative estimate of drug-likeness (QED) is 0.238. The first-order valence-electron chi connectivity index (χ1n) is 4.18. The van der Waals surface area contributed by atoms with Crippen LogP contribution in [0.2, 0.25) is 0 Å². The minimum atomic E-state index is 0.00815. The zero-order valence-corrected chi connectivity index (χ0v) is 9.75. The topological polar surface area (TPSA) is 84.6 Å². The molecule has 0 aliphatic rings. The van der Waals surface area contributed by atoms with Gasteiger partial charge in [0.05, 0.1) is 0 Å². The van der Waals surface area contributed by atoms with E-state index in [2.05, 4.69) is 21.1 Å². The summed E-state index contributed by atoms with van der Waals surface area (Å²) in [6.45, 7) is 4.00. The van der Waals surface area contributed by atoms with Gasteiger partial charge in [0.2, 0.25) is 0 Å². The molecule has 0 aliphatic carbocycles. The molecule has 0 aromatic heterocycles. The fraction of sp³-hybridized carbons (Fsp3) is 0.222. The summed E-state index contributed by atoms with van der Waals surface area (Å²) in [7, 11) is 0. The molecule has 78 valence electrons. The predicted molar refractivity (Wildman–Crippen MR) is 62.4 cm³/mol. The maximum atomic E-state index is 8.40. The lowest BCUT2D eigenvalue weighted by Gasteiger charge is -2.02. The standard InChI is InChI=1S/C7H8BrN3O.C2H6/c8-4-1-2-6(9)5(3-4)7(10)11-12;1-2/h1-3,12H,9H2,(H2,10,11);1-2H3. The van der Waals surface area contributed by atoms with Gasteiger partial charge in [-0.1, -0.05) is 34.9 Å². The second-order valence-corrected chi connectivity index (χ2v) is 3.13. The number of halogens is 1. The number of hydrogen-bond donors (Lipinski definition) is 3. The SMILES string of the molecule is CC.N/C(=N\O)c1cc(Br)ccc1N. The highest BCUT2D eigenvalue weighted by Crippen LogP contribution is 2.17. The van der Waals surface area contributed by atoms with Crippen molar-refractivity contribution in [3.8, 4) is 0 Å². The summed E-state index contributed by atoms with van der Waals surface area (Å²) in [6, 6.07) is 5.14. The Hall–Kier alpha value is -1.23. The number of nitrogens with zero attached hydrogens (tertiary/aromatic N) is 1. The van der Waals surface area contributed by atoms with E-state index in [1.807, 2.05) is 13.8 Å². The summed E-state index contributed by atoms with van der Waals surface area (Å²) in [6.07, 6.45) is 0. The average Bonchev–Trinajstić information content (AvgIpc) is 2.23. The van der Waals surface area contributed by atoms with Crippen LogP contribution in [0.15, 0.2) is 27.8 Å². The van der Waals surface area contributed by atoms with E-state index in [0.29, 0.717) is 11.3 Å². The lowest BCUT2D eigenvalue weighted by atomic mass is 10.2. The Morgan fingerprint density at radius 3 is 2.50 bits per heavy atom. The van der Waals surface area contributed by atoms with Crippen LogP contribution in [0.5, 0.6) is 0 Å².